The van der Waals surface area contributed by atoms with E-state index in [1.54, 1.807) is 0 Å². The number of alkyl halides is 1. The highest BCUT2D eigenvalue weighted by atomic mass is 127. The zero-order valence-electron chi connectivity index (χ0n) is 6.46. The highest BCUT2D eigenvalue weighted by Gasteiger charge is 2.20. The van der Waals surface area contributed by atoms with E-state index in [1.807, 2.05) is 13.8 Å². The average molecular weight is 242 g/mol. The molecule has 0 radical (unpaired) electrons. The van der Waals surface area contributed by atoms with Crippen molar-refractivity contribution in [1.29, 1.82) is 0 Å². The molecule has 0 rings (SSSR count). The molecule has 0 bridgehead atoms. The third-order valence-corrected chi connectivity index (χ3v) is 0.889. The molecule has 56 valence electrons. The molecule has 2 nitrogen and oxygen atoms in total. The summed E-state index contributed by atoms with van der Waals surface area (Å²) in [6.45, 7) is 8.07. The summed E-state index contributed by atoms with van der Waals surface area (Å²) in [5.74, 6) is 0. The zero-order chi connectivity index (χ0) is 7.71. The Bertz CT molecular complexity index is 76.2. The second kappa shape index (κ2) is 2.72. The molecule has 0 fully saturated rings. The lowest BCUT2D eigenvalue weighted by atomic mass is 10.2. The highest BCUT2D eigenvalue weighted by Crippen LogP contribution is 2.14. The number of halogens is 1. The second-order valence-electron chi connectivity index (χ2n) is 3.32. The van der Waals surface area contributed by atoms with Crippen molar-refractivity contribution in [2.24, 2.45) is 5.73 Å². The molecule has 0 saturated heterocycles. The quantitative estimate of drug-likeness (QED) is 0.333. The molecule has 3 N–H and O–H groups in total. The smallest absolute Gasteiger partial charge is 0.0662 e. The number of nitrogens with one attached hydrogen (secondary N) is 1. The van der Waals surface area contributed by atoms with Gasteiger partial charge >= 0.3 is 0 Å². The fraction of sp³-hybridized carbons (Fsp3) is 1.00. The van der Waals surface area contributed by atoms with E-state index in [4.69, 9.17) is 5.73 Å². The van der Waals surface area contributed by atoms with Gasteiger partial charge in [-0.1, -0.05) is 22.6 Å². The van der Waals surface area contributed by atoms with Crippen LogP contribution in [0.25, 0.3) is 0 Å². The summed E-state index contributed by atoms with van der Waals surface area (Å²) < 4.78 is 0.0794. The summed E-state index contributed by atoms with van der Waals surface area (Å²) >= 11 is 2.31. The van der Waals surface area contributed by atoms with Crippen LogP contribution in [0, 0.1) is 0 Å². The second-order valence-corrected chi connectivity index (χ2v) is 6.02. The van der Waals surface area contributed by atoms with Crippen LogP contribution in [0.15, 0.2) is 0 Å². The Morgan fingerprint density at radius 3 is 1.56 bits per heavy atom. The molecule has 0 aliphatic rings. The van der Waals surface area contributed by atoms with Crippen LogP contribution >= 0.6 is 22.6 Å². The van der Waals surface area contributed by atoms with Crippen molar-refractivity contribution in [3.63, 3.8) is 0 Å². The van der Waals surface area contributed by atoms with Gasteiger partial charge in [0.2, 0.25) is 0 Å². The van der Waals surface area contributed by atoms with E-state index in [9.17, 15) is 0 Å². The van der Waals surface area contributed by atoms with Crippen LogP contribution in [-0.4, -0.2) is 9.21 Å². The largest absolute Gasteiger partial charge is 0.314 e. The third kappa shape index (κ3) is 8.65. The van der Waals surface area contributed by atoms with Gasteiger partial charge in [-0.3, -0.25) is 5.32 Å². The molecule has 9 heavy (non-hydrogen) atoms. The van der Waals surface area contributed by atoms with Gasteiger partial charge in [-0.25, -0.2) is 0 Å². The molecule has 0 heterocycles. The fourth-order valence-corrected chi connectivity index (χ4v) is 1.46. The molecule has 0 aromatic rings. The molecule has 0 saturated carbocycles. The van der Waals surface area contributed by atoms with Gasteiger partial charge in [-0.05, 0) is 27.7 Å². The Morgan fingerprint density at radius 1 is 1.22 bits per heavy atom. The third-order valence-electron chi connectivity index (χ3n) is 0.619. The van der Waals surface area contributed by atoms with Gasteiger partial charge in [-0.2, -0.15) is 0 Å². The molecular formula is C6H15IN2. The van der Waals surface area contributed by atoms with Gasteiger partial charge in [0.15, 0.2) is 0 Å². The van der Waals surface area contributed by atoms with Gasteiger partial charge in [-0.15, -0.1) is 0 Å². The first-order chi connectivity index (χ1) is 3.71. The van der Waals surface area contributed by atoms with E-state index < -0.39 is 0 Å². The van der Waals surface area contributed by atoms with Crippen LogP contribution < -0.4 is 11.1 Å². The van der Waals surface area contributed by atoms with Crippen LogP contribution in [-0.2, 0) is 0 Å². The van der Waals surface area contributed by atoms with Crippen LogP contribution in [0.3, 0.4) is 0 Å². The van der Waals surface area contributed by atoms with E-state index in [-0.39, 0.29) is 9.21 Å². The summed E-state index contributed by atoms with van der Waals surface area (Å²) in [7, 11) is 0. The summed E-state index contributed by atoms with van der Waals surface area (Å²) in [6.07, 6.45) is 0. The SMILES string of the molecule is CC(C)(N)NC(C)(C)I. The standard InChI is InChI=1S/C6H15IN2/c1-5(2,7)9-6(3,4)8/h9H,8H2,1-4H3. The average Bonchev–Trinajstić information content (AvgIpc) is 1.14. The molecule has 0 atom stereocenters. The van der Waals surface area contributed by atoms with Gasteiger partial charge in [0.25, 0.3) is 0 Å². The van der Waals surface area contributed by atoms with E-state index >= 15 is 0 Å². The topological polar surface area (TPSA) is 38.0 Å². The highest BCUT2D eigenvalue weighted by molar-refractivity contribution is 14.1. The van der Waals surface area contributed by atoms with Crippen LogP contribution in [0.4, 0.5) is 0 Å². The Hall–Kier alpha value is 0.650. The van der Waals surface area contributed by atoms with Crippen molar-refractivity contribution in [3.8, 4) is 0 Å². The van der Waals surface area contributed by atoms with E-state index in [2.05, 4.69) is 41.8 Å². The van der Waals surface area contributed by atoms with E-state index in [0.717, 1.165) is 0 Å². The van der Waals surface area contributed by atoms with E-state index in [0.29, 0.717) is 0 Å². The van der Waals surface area contributed by atoms with Crippen molar-refractivity contribution in [1.82, 2.24) is 5.32 Å². The Balaban J connectivity index is 3.75. The molecule has 0 spiro atoms. The number of hydrogen-bond acceptors (Lipinski definition) is 2. The van der Waals surface area contributed by atoms with Crippen LogP contribution in [0.1, 0.15) is 27.7 Å². The minimum absolute atomic E-state index is 0.0794. The molecule has 0 aromatic heterocycles. The minimum Gasteiger partial charge on any atom is -0.314 e. The lowest BCUT2D eigenvalue weighted by molar-refractivity contribution is 0.357. The lowest BCUT2D eigenvalue weighted by Gasteiger charge is -2.29. The Kier molecular flexibility index (Phi) is 2.91. The molecule has 0 aliphatic heterocycles. The van der Waals surface area contributed by atoms with Crippen LogP contribution in [0.2, 0.25) is 0 Å². The maximum absolute atomic E-state index is 5.71. The summed E-state index contributed by atoms with van der Waals surface area (Å²) in [4.78, 5) is 0. The molecular weight excluding hydrogens is 227 g/mol. The first-order valence-electron chi connectivity index (χ1n) is 2.98. The fourth-order valence-electron chi connectivity index (χ4n) is 0.766. The predicted octanol–water partition coefficient (Wildman–Crippen LogP) is 1.44. The van der Waals surface area contributed by atoms with Crippen molar-refractivity contribution >= 4 is 22.6 Å². The number of hydrogen-bond donors (Lipinski definition) is 2. The Morgan fingerprint density at radius 2 is 1.56 bits per heavy atom. The van der Waals surface area contributed by atoms with Crippen molar-refractivity contribution in [2.45, 2.75) is 36.9 Å². The predicted molar refractivity (Wildman–Crippen MR) is 49.5 cm³/mol. The van der Waals surface area contributed by atoms with Gasteiger partial charge < -0.3 is 5.73 Å². The Labute approximate surface area is 70.7 Å². The monoisotopic (exact) mass is 242 g/mol. The molecule has 0 aromatic carbocycles. The molecule has 0 unspecified atom stereocenters. The van der Waals surface area contributed by atoms with Crippen molar-refractivity contribution in [2.75, 3.05) is 0 Å². The maximum Gasteiger partial charge on any atom is 0.0662 e. The normalized spacial score (nSPS) is 14.0. The molecule has 0 aliphatic carbocycles. The zero-order valence-corrected chi connectivity index (χ0v) is 8.61. The van der Waals surface area contributed by atoms with Gasteiger partial charge in [0, 0.05) is 0 Å². The van der Waals surface area contributed by atoms with E-state index in [1.165, 1.54) is 0 Å². The van der Waals surface area contributed by atoms with Gasteiger partial charge in [0.1, 0.15) is 0 Å². The lowest BCUT2D eigenvalue weighted by Crippen LogP contribution is -2.54. The number of nitrogens with two attached hydrogens (primary N) is 1. The molecule has 0 amide bonds. The first kappa shape index (κ1) is 9.65. The maximum atomic E-state index is 5.71. The summed E-state index contributed by atoms with van der Waals surface area (Å²) in [5, 5.41) is 3.22. The van der Waals surface area contributed by atoms with Crippen molar-refractivity contribution in [3.05, 3.63) is 0 Å². The first-order valence-corrected chi connectivity index (χ1v) is 4.06. The number of rotatable bonds is 2. The summed E-state index contributed by atoms with van der Waals surface area (Å²) in [5.41, 5.74) is 5.43. The summed E-state index contributed by atoms with van der Waals surface area (Å²) in [6, 6.07) is 0. The van der Waals surface area contributed by atoms with Crippen molar-refractivity contribution < 1.29 is 0 Å². The van der Waals surface area contributed by atoms with Crippen LogP contribution in [0.5, 0.6) is 0 Å². The minimum atomic E-state index is -0.273. The molecule has 3 heteroatoms. The van der Waals surface area contributed by atoms with Gasteiger partial charge in [0.05, 0.1) is 9.21 Å².